The number of carbonyl (C=O) groups is 2. The van der Waals surface area contributed by atoms with Crippen molar-refractivity contribution in [2.45, 2.75) is 32.6 Å². The van der Waals surface area contributed by atoms with Crippen molar-refractivity contribution >= 4 is 17.6 Å². The Morgan fingerprint density at radius 3 is 2.65 bits per heavy atom. The van der Waals surface area contributed by atoms with Gasteiger partial charge in [0.05, 0.1) is 0 Å². The summed E-state index contributed by atoms with van der Waals surface area (Å²) in [5, 5.41) is 23.1. The molecule has 0 unspecified atom stereocenters. The van der Waals surface area contributed by atoms with E-state index in [4.69, 9.17) is 10.4 Å². The van der Waals surface area contributed by atoms with Gasteiger partial charge in [0.25, 0.3) is 5.91 Å². The lowest BCUT2D eigenvalue weighted by Crippen LogP contribution is -2.26. The molecule has 0 bridgehead atoms. The number of hydrogen-bond donors (Lipinski definition) is 3. The number of nitriles is 1. The molecule has 0 atom stereocenters. The number of aliphatic carboxylic acids is 1. The van der Waals surface area contributed by atoms with Gasteiger partial charge in [0, 0.05) is 24.9 Å². The number of rotatable bonds is 8. The summed E-state index contributed by atoms with van der Waals surface area (Å²) in [6.07, 6.45) is 1.67. The van der Waals surface area contributed by atoms with Gasteiger partial charge in [-0.2, -0.15) is 5.26 Å². The van der Waals surface area contributed by atoms with Crippen LogP contribution >= 0.6 is 0 Å². The van der Waals surface area contributed by atoms with E-state index in [-0.39, 0.29) is 18.5 Å². The minimum atomic E-state index is -0.915. The van der Waals surface area contributed by atoms with E-state index in [1.165, 1.54) is 6.20 Å². The van der Waals surface area contributed by atoms with Crippen molar-refractivity contribution in [3.63, 3.8) is 0 Å². The molecule has 0 heterocycles. The summed E-state index contributed by atoms with van der Waals surface area (Å²) < 4.78 is 0. The zero-order chi connectivity index (χ0) is 17.2. The van der Waals surface area contributed by atoms with Crippen LogP contribution < -0.4 is 10.6 Å². The highest BCUT2D eigenvalue weighted by molar-refractivity contribution is 5.97. The maximum Gasteiger partial charge on any atom is 0.303 e. The van der Waals surface area contributed by atoms with Crippen LogP contribution in [-0.4, -0.2) is 23.5 Å². The molecule has 1 amide bonds. The van der Waals surface area contributed by atoms with E-state index in [1.54, 1.807) is 0 Å². The summed E-state index contributed by atoms with van der Waals surface area (Å²) in [6, 6.07) is 9.52. The number of benzene rings is 1. The summed E-state index contributed by atoms with van der Waals surface area (Å²) in [7, 11) is 0. The highest BCUT2D eigenvalue weighted by Crippen LogP contribution is 2.23. The third kappa shape index (κ3) is 6.22. The van der Waals surface area contributed by atoms with Crippen LogP contribution in [0.15, 0.2) is 36.0 Å². The Labute approximate surface area is 135 Å². The molecule has 1 aromatic carbocycles. The van der Waals surface area contributed by atoms with Crippen LogP contribution in [-0.2, 0) is 9.59 Å². The normalized spacial score (nSPS) is 11.0. The van der Waals surface area contributed by atoms with Crippen LogP contribution in [0.5, 0.6) is 0 Å². The van der Waals surface area contributed by atoms with Gasteiger partial charge < -0.3 is 15.7 Å². The monoisotopic (exact) mass is 315 g/mol. The van der Waals surface area contributed by atoms with Crippen LogP contribution in [0.3, 0.4) is 0 Å². The van der Waals surface area contributed by atoms with Gasteiger partial charge in [0.15, 0.2) is 0 Å². The third-order valence-electron chi connectivity index (χ3n) is 3.17. The third-order valence-corrected chi connectivity index (χ3v) is 3.17. The van der Waals surface area contributed by atoms with Crippen LogP contribution in [0, 0.1) is 11.3 Å². The summed E-state index contributed by atoms with van der Waals surface area (Å²) >= 11 is 0. The predicted octanol–water partition coefficient (Wildman–Crippen LogP) is 2.61. The number of nitrogens with one attached hydrogen (secondary N) is 2. The molecule has 122 valence electrons. The first kappa shape index (κ1) is 18.2. The molecule has 0 fully saturated rings. The fraction of sp³-hybridized carbons (Fsp3) is 0.353. The van der Waals surface area contributed by atoms with Gasteiger partial charge >= 0.3 is 5.97 Å². The molecule has 0 aromatic heterocycles. The molecular formula is C17H21N3O3. The van der Waals surface area contributed by atoms with Gasteiger partial charge in [0.1, 0.15) is 11.6 Å². The molecule has 0 spiro atoms. The second-order valence-electron chi connectivity index (χ2n) is 5.31. The largest absolute Gasteiger partial charge is 0.481 e. The molecule has 6 heteroatoms. The van der Waals surface area contributed by atoms with E-state index in [0.29, 0.717) is 12.3 Å². The first-order valence-corrected chi connectivity index (χ1v) is 7.41. The number of para-hydroxylation sites is 1. The van der Waals surface area contributed by atoms with Gasteiger partial charge in [-0.1, -0.05) is 32.0 Å². The molecule has 3 N–H and O–H groups in total. The van der Waals surface area contributed by atoms with Crippen molar-refractivity contribution in [2.24, 2.45) is 0 Å². The average molecular weight is 315 g/mol. The van der Waals surface area contributed by atoms with E-state index >= 15 is 0 Å². The Kier molecular flexibility index (Phi) is 7.34. The van der Waals surface area contributed by atoms with Crippen molar-refractivity contribution in [3.8, 4) is 6.07 Å². The quantitative estimate of drug-likeness (QED) is 0.389. The number of amides is 1. The second-order valence-corrected chi connectivity index (χ2v) is 5.31. The smallest absolute Gasteiger partial charge is 0.303 e. The standard InChI is InChI=1S/C17H21N3O3/c1-12(2)14-6-3-4-7-15(14)20-11-13(10-18)17(23)19-9-5-8-16(21)22/h3-4,6-7,11-12,20H,5,8-9H2,1-2H3,(H,19,23)(H,21,22)/b13-11-. The van der Waals surface area contributed by atoms with Gasteiger partial charge in [-0.15, -0.1) is 0 Å². The Hall–Kier alpha value is -2.81. The molecule has 6 nitrogen and oxygen atoms in total. The lowest BCUT2D eigenvalue weighted by Gasteiger charge is -2.12. The number of carboxylic acids is 1. The Morgan fingerprint density at radius 2 is 2.04 bits per heavy atom. The van der Waals surface area contributed by atoms with Crippen LogP contribution in [0.2, 0.25) is 0 Å². The van der Waals surface area contributed by atoms with Gasteiger partial charge in [-0.05, 0) is 24.0 Å². The minimum absolute atomic E-state index is 0.0219. The molecule has 23 heavy (non-hydrogen) atoms. The van der Waals surface area contributed by atoms with Crippen LogP contribution in [0.4, 0.5) is 5.69 Å². The molecule has 0 saturated heterocycles. The molecule has 0 saturated carbocycles. The number of hydrogen-bond acceptors (Lipinski definition) is 4. The van der Waals surface area contributed by atoms with Gasteiger partial charge in [-0.25, -0.2) is 0 Å². The van der Waals surface area contributed by atoms with E-state index < -0.39 is 11.9 Å². The molecule has 0 aliphatic carbocycles. The first-order valence-electron chi connectivity index (χ1n) is 7.41. The van der Waals surface area contributed by atoms with Crippen LogP contribution in [0.25, 0.3) is 0 Å². The summed E-state index contributed by atoms with van der Waals surface area (Å²) in [5.74, 6) is -1.13. The van der Waals surface area contributed by atoms with Crippen LogP contribution in [0.1, 0.15) is 38.2 Å². The number of carboxylic acid groups (broad SMARTS) is 1. The highest BCUT2D eigenvalue weighted by Gasteiger charge is 2.10. The zero-order valence-corrected chi connectivity index (χ0v) is 13.3. The fourth-order valence-electron chi connectivity index (χ4n) is 1.97. The molecule has 0 aliphatic heterocycles. The van der Waals surface area contributed by atoms with E-state index in [2.05, 4.69) is 24.5 Å². The topological polar surface area (TPSA) is 102 Å². The number of nitrogens with zero attached hydrogens (tertiary/aromatic N) is 1. The predicted molar refractivity (Wildman–Crippen MR) is 87.7 cm³/mol. The number of anilines is 1. The van der Waals surface area contributed by atoms with Gasteiger partial charge in [-0.3, -0.25) is 9.59 Å². The second kappa shape index (κ2) is 9.26. The Morgan fingerprint density at radius 1 is 1.35 bits per heavy atom. The summed E-state index contributed by atoms with van der Waals surface area (Å²) in [6.45, 7) is 4.34. The van der Waals surface area contributed by atoms with Crippen molar-refractivity contribution < 1.29 is 14.7 Å². The lowest BCUT2D eigenvalue weighted by atomic mass is 10.0. The zero-order valence-electron chi connectivity index (χ0n) is 13.3. The molecule has 1 aromatic rings. The van der Waals surface area contributed by atoms with Crippen molar-refractivity contribution in [3.05, 3.63) is 41.6 Å². The molecule has 0 aliphatic rings. The van der Waals surface area contributed by atoms with E-state index in [9.17, 15) is 9.59 Å². The minimum Gasteiger partial charge on any atom is -0.481 e. The molecule has 1 rings (SSSR count). The fourth-order valence-corrected chi connectivity index (χ4v) is 1.97. The van der Waals surface area contributed by atoms with Crippen molar-refractivity contribution in [2.75, 3.05) is 11.9 Å². The van der Waals surface area contributed by atoms with E-state index in [0.717, 1.165) is 11.3 Å². The van der Waals surface area contributed by atoms with Crippen molar-refractivity contribution in [1.29, 1.82) is 5.26 Å². The average Bonchev–Trinajstić information content (AvgIpc) is 2.52. The maximum atomic E-state index is 11.9. The van der Waals surface area contributed by atoms with Gasteiger partial charge in [0.2, 0.25) is 0 Å². The SMILES string of the molecule is CC(C)c1ccccc1N/C=C(/C#N)C(=O)NCCCC(=O)O. The van der Waals surface area contributed by atoms with Crippen molar-refractivity contribution in [1.82, 2.24) is 5.32 Å². The lowest BCUT2D eigenvalue weighted by molar-refractivity contribution is -0.137. The summed E-state index contributed by atoms with van der Waals surface area (Å²) in [5.41, 5.74) is 1.87. The summed E-state index contributed by atoms with van der Waals surface area (Å²) in [4.78, 5) is 22.3. The molecular weight excluding hydrogens is 294 g/mol. The highest BCUT2D eigenvalue weighted by atomic mass is 16.4. The molecule has 0 radical (unpaired) electrons. The first-order chi connectivity index (χ1) is 11.0. The Balaban J connectivity index is 2.67. The van der Waals surface area contributed by atoms with E-state index in [1.807, 2.05) is 30.3 Å². The number of carbonyl (C=O) groups excluding carboxylic acids is 1. The Bertz CT molecular complexity index is 630. The maximum absolute atomic E-state index is 11.9.